The molecular weight excluding hydrogens is 274 g/mol. The number of aromatic carboxylic acids is 1. The molecule has 2 rings (SSSR count). The molecule has 2 aromatic rings. The Morgan fingerprint density at radius 1 is 1.45 bits per heavy atom. The minimum atomic E-state index is -1.01. The van der Waals surface area contributed by atoms with Crippen LogP contribution in [0, 0.1) is 0 Å². The van der Waals surface area contributed by atoms with Crippen molar-refractivity contribution in [2.75, 3.05) is 19.1 Å². The van der Waals surface area contributed by atoms with Gasteiger partial charge in [-0.3, -0.25) is 4.90 Å². The molecule has 0 bridgehead atoms. The van der Waals surface area contributed by atoms with Gasteiger partial charge in [0.2, 0.25) is 5.76 Å². The third-order valence-electron chi connectivity index (χ3n) is 3.46. The number of fused-ring (bicyclic) bond motifs is 1. The van der Waals surface area contributed by atoms with Crippen LogP contribution in [0.2, 0.25) is 0 Å². The monoisotopic (exact) mass is 293 g/mol. The van der Waals surface area contributed by atoms with Gasteiger partial charge in [-0.1, -0.05) is 18.2 Å². The smallest absolute Gasteiger partial charge is 0.372 e. The van der Waals surface area contributed by atoms with Gasteiger partial charge in [0.25, 0.3) is 0 Å². The van der Waals surface area contributed by atoms with Crippen LogP contribution in [0.25, 0.3) is 11.0 Å². The van der Waals surface area contributed by atoms with Crippen LogP contribution in [0.1, 0.15) is 23.0 Å². The van der Waals surface area contributed by atoms with Crippen LogP contribution in [-0.2, 0) is 6.54 Å². The predicted octanol–water partition coefficient (Wildman–Crippen LogP) is 3.31. The SMILES string of the molecule is CSCC(C)N(C)Cc1c(C(=O)O)oc2ccccc12. The Bertz CT molecular complexity index is 608. The third-order valence-corrected chi connectivity index (χ3v) is 4.28. The Morgan fingerprint density at radius 3 is 2.80 bits per heavy atom. The molecular formula is C15H19NO3S. The molecule has 0 saturated carbocycles. The van der Waals surface area contributed by atoms with Crippen molar-refractivity contribution in [2.24, 2.45) is 0 Å². The van der Waals surface area contributed by atoms with Crippen molar-refractivity contribution in [3.05, 3.63) is 35.6 Å². The summed E-state index contributed by atoms with van der Waals surface area (Å²) >= 11 is 1.78. The lowest BCUT2D eigenvalue weighted by molar-refractivity contribution is 0.0661. The van der Waals surface area contributed by atoms with E-state index in [0.717, 1.165) is 16.7 Å². The highest BCUT2D eigenvalue weighted by molar-refractivity contribution is 7.98. The molecule has 108 valence electrons. The minimum Gasteiger partial charge on any atom is -0.475 e. The normalized spacial score (nSPS) is 13.0. The lowest BCUT2D eigenvalue weighted by atomic mass is 10.1. The fourth-order valence-electron chi connectivity index (χ4n) is 2.20. The zero-order valence-corrected chi connectivity index (χ0v) is 12.7. The number of carboxylic acid groups (broad SMARTS) is 1. The lowest BCUT2D eigenvalue weighted by Crippen LogP contribution is -2.30. The first-order valence-electron chi connectivity index (χ1n) is 6.47. The van der Waals surface area contributed by atoms with Gasteiger partial charge in [-0.05, 0) is 26.3 Å². The van der Waals surface area contributed by atoms with Gasteiger partial charge in [0, 0.05) is 29.3 Å². The van der Waals surface area contributed by atoms with Crippen LogP contribution in [0.15, 0.2) is 28.7 Å². The van der Waals surface area contributed by atoms with Gasteiger partial charge >= 0.3 is 5.97 Å². The van der Waals surface area contributed by atoms with Crippen molar-refractivity contribution in [2.45, 2.75) is 19.5 Å². The molecule has 5 heteroatoms. The van der Waals surface area contributed by atoms with Crippen LogP contribution in [0.5, 0.6) is 0 Å². The second kappa shape index (κ2) is 6.33. The highest BCUT2D eigenvalue weighted by Gasteiger charge is 2.22. The quantitative estimate of drug-likeness (QED) is 0.885. The summed E-state index contributed by atoms with van der Waals surface area (Å²) in [5.41, 5.74) is 1.38. The number of furan rings is 1. The van der Waals surface area contributed by atoms with E-state index in [0.29, 0.717) is 18.2 Å². The Hall–Kier alpha value is -1.46. The third kappa shape index (κ3) is 2.99. The van der Waals surface area contributed by atoms with Gasteiger partial charge < -0.3 is 9.52 Å². The standard InChI is InChI=1S/C15H19NO3S/c1-10(9-20-3)16(2)8-12-11-6-4-5-7-13(11)19-14(12)15(17)18/h4-7,10H,8-9H2,1-3H3,(H,17,18). The first-order valence-corrected chi connectivity index (χ1v) is 7.86. The second-order valence-electron chi connectivity index (χ2n) is 4.93. The van der Waals surface area contributed by atoms with E-state index in [4.69, 9.17) is 4.42 Å². The minimum absolute atomic E-state index is 0.0504. The summed E-state index contributed by atoms with van der Waals surface area (Å²) in [6.07, 6.45) is 2.07. The van der Waals surface area contributed by atoms with Gasteiger partial charge in [-0.2, -0.15) is 11.8 Å². The summed E-state index contributed by atoms with van der Waals surface area (Å²) in [6.45, 7) is 2.71. The molecule has 0 fully saturated rings. The number of carbonyl (C=O) groups is 1. The predicted molar refractivity (Wildman–Crippen MR) is 82.5 cm³/mol. The zero-order chi connectivity index (χ0) is 14.7. The van der Waals surface area contributed by atoms with Crippen molar-refractivity contribution in [3.8, 4) is 0 Å². The molecule has 0 aliphatic heterocycles. The largest absolute Gasteiger partial charge is 0.475 e. The van der Waals surface area contributed by atoms with Gasteiger partial charge in [0.05, 0.1) is 0 Å². The Morgan fingerprint density at radius 2 is 2.15 bits per heavy atom. The van der Waals surface area contributed by atoms with Crippen molar-refractivity contribution >= 4 is 28.7 Å². The number of nitrogens with zero attached hydrogens (tertiary/aromatic N) is 1. The van der Waals surface area contributed by atoms with E-state index in [-0.39, 0.29) is 5.76 Å². The molecule has 0 amide bonds. The van der Waals surface area contributed by atoms with E-state index in [2.05, 4.69) is 18.1 Å². The number of hydrogen-bond acceptors (Lipinski definition) is 4. The van der Waals surface area contributed by atoms with Crippen LogP contribution >= 0.6 is 11.8 Å². The molecule has 1 N–H and O–H groups in total. The Balaban J connectivity index is 2.36. The first-order chi connectivity index (χ1) is 9.54. The van der Waals surface area contributed by atoms with Crippen molar-refractivity contribution < 1.29 is 14.3 Å². The van der Waals surface area contributed by atoms with E-state index >= 15 is 0 Å². The number of thioether (sulfide) groups is 1. The van der Waals surface area contributed by atoms with Crippen LogP contribution in [0.3, 0.4) is 0 Å². The van der Waals surface area contributed by atoms with E-state index in [1.54, 1.807) is 17.8 Å². The molecule has 20 heavy (non-hydrogen) atoms. The molecule has 1 aromatic heterocycles. The zero-order valence-electron chi connectivity index (χ0n) is 11.9. The van der Waals surface area contributed by atoms with Crippen LogP contribution < -0.4 is 0 Å². The van der Waals surface area contributed by atoms with Gasteiger partial charge in [-0.25, -0.2) is 4.79 Å². The molecule has 1 heterocycles. The number of benzene rings is 1. The maximum atomic E-state index is 11.4. The molecule has 0 aliphatic rings. The van der Waals surface area contributed by atoms with Crippen LogP contribution in [0.4, 0.5) is 0 Å². The second-order valence-corrected chi connectivity index (χ2v) is 5.84. The molecule has 1 unspecified atom stereocenters. The number of rotatable bonds is 6. The van der Waals surface area contributed by atoms with E-state index in [1.165, 1.54) is 0 Å². The maximum Gasteiger partial charge on any atom is 0.372 e. The molecule has 0 saturated heterocycles. The maximum absolute atomic E-state index is 11.4. The number of para-hydroxylation sites is 1. The van der Waals surface area contributed by atoms with E-state index < -0.39 is 5.97 Å². The summed E-state index contributed by atoms with van der Waals surface area (Å²) in [5, 5.41) is 10.2. The fraction of sp³-hybridized carbons (Fsp3) is 0.400. The van der Waals surface area contributed by atoms with Crippen molar-refractivity contribution in [1.82, 2.24) is 4.90 Å². The van der Waals surface area contributed by atoms with Gasteiger partial charge in [0.15, 0.2) is 0 Å². The molecule has 0 aliphatic carbocycles. The topological polar surface area (TPSA) is 53.7 Å². The average molecular weight is 293 g/mol. The molecule has 1 atom stereocenters. The summed E-state index contributed by atoms with van der Waals surface area (Å²) in [7, 11) is 2.01. The number of hydrogen-bond donors (Lipinski definition) is 1. The van der Waals surface area contributed by atoms with Crippen molar-refractivity contribution in [3.63, 3.8) is 0 Å². The summed E-state index contributed by atoms with van der Waals surface area (Å²) in [4.78, 5) is 13.5. The fourth-order valence-corrected chi connectivity index (χ4v) is 2.94. The average Bonchev–Trinajstić information content (AvgIpc) is 2.78. The summed E-state index contributed by atoms with van der Waals surface area (Å²) in [6, 6.07) is 7.84. The highest BCUT2D eigenvalue weighted by Crippen LogP contribution is 2.27. The van der Waals surface area contributed by atoms with Gasteiger partial charge in [-0.15, -0.1) is 0 Å². The summed E-state index contributed by atoms with van der Waals surface area (Å²) < 4.78 is 5.47. The molecule has 0 spiro atoms. The molecule has 4 nitrogen and oxygen atoms in total. The lowest BCUT2D eigenvalue weighted by Gasteiger charge is -2.23. The van der Waals surface area contributed by atoms with E-state index in [1.807, 2.05) is 25.2 Å². The Labute approximate surface area is 122 Å². The first kappa shape index (κ1) is 14.9. The summed E-state index contributed by atoms with van der Waals surface area (Å²) in [5.74, 6) is 0.0471. The van der Waals surface area contributed by atoms with E-state index in [9.17, 15) is 9.90 Å². The van der Waals surface area contributed by atoms with Gasteiger partial charge in [0.1, 0.15) is 5.58 Å². The highest BCUT2D eigenvalue weighted by atomic mass is 32.2. The van der Waals surface area contributed by atoms with Crippen molar-refractivity contribution in [1.29, 1.82) is 0 Å². The van der Waals surface area contributed by atoms with Crippen LogP contribution in [-0.4, -0.2) is 41.1 Å². The molecule has 0 radical (unpaired) electrons. The number of carboxylic acids is 1. The Kier molecular flexibility index (Phi) is 4.73. The molecule has 1 aromatic carbocycles.